The van der Waals surface area contributed by atoms with Crippen LogP contribution >= 0.6 is 0 Å². The molecular formula is C13H23NRuY. The van der Waals surface area contributed by atoms with Crippen molar-refractivity contribution >= 4 is 0 Å². The summed E-state index contributed by atoms with van der Waals surface area (Å²) in [4.78, 5) is 4.28. The van der Waals surface area contributed by atoms with Crippen LogP contribution in [0.4, 0.5) is 0 Å². The van der Waals surface area contributed by atoms with Crippen LogP contribution in [0.1, 0.15) is 25.2 Å². The molecule has 0 N–H and O–H groups in total. The SMILES string of the molecule is CC.[CH2-]Cc1cccc(C[CH2-])n1.[CH3-].[CH3-].[Ru+4].[Y]. The summed E-state index contributed by atoms with van der Waals surface area (Å²) in [6.07, 6.45) is 1.52. The average Bonchev–Trinajstić information content (AvgIpc) is 2.21. The molecule has 0 spiro atoms. The van der Waals surface area contributed by atoms with Gasteiger partial charge >= 0.3 is 19.5 Å². The maximum atomic E-state index is 4.28. The molecule has 1 nitrogen and oxygen atoms in total. The topological polar surface area (TPSA) is 12.9 Å². The van der Waals surface area contributed by atoms with Gasteiger partial charge in [-0.15, -0.1) is 12.8 Å². The first-order chi connectivity index (χ1) is 5.86. The van der Waals surface area contributed by atoms with E-state index in [2.05, 4.69) is 18.8 Å². The summed E-state index contributed by atoms with van der Waals surface area (Å²) in [6.45, 7) is 11.5. The Hall–Kier alpha value is 0.877. The van der Waals surface area contributed by atoms with E-state index in [4.69, 9.17) is 0 Å². The molecule has 1 rings (SSSR count). The average molecular weight is 383 g/mol. The molecule has 3 heteroatoms. The summed E-state index contributed by atoms with van der Waals surface area (Å²) in [5.74, 6) is 0. The van der Waals surface area contributed by atoms with Crippen molar-refractivity contribution in [1.82, 2.24) is 4.98 Å². The quantitative estimate of drug-likeness (QED) is 0.560. The molecule has 0 amide bonds. The number of aromatic nitrogens is 1. The van der Waals surface area contributed by atoms with Crippen LogP contribution in [-0.4, -0.2) is 4.98 Å². The molecule has 0 aromatic carbocycles. The molecular weight excluding hydrogens is 360 g/mol. The molecule has 0 saturated carbocycles. The van der Waals surface area contributed by atoms with Crippen LogP contribution < -0.4 is 0 Å². The summed E-state index contributed by atoms with van der Waals surface area (Å²) in [5.41, 5.74) is 2.09. The van der Waals surface area contributed by atoms with E-state index in [-0.39, 0.29) is 67.0 Å². The molecule has 16 heavy (non-hydrogen) atoms. The van der Waals surface area contributed by atoms with Crippen molar-refractivity contribution in [3.8, 4) is 0 Å². The fourth-order valence-electron chi connectivity index (χ4n) is 0.808. The predicted molar refractivity (Wildman–Crippen MR) is 66.5 cm³/mol. The second-order valence-corrected chi connectivity index (χ2v) is 2.12. The monoisotopic (exact) mass is 384 g/mol. The summed E-state index contributed by atoms with van der Waals surface area (Å²) in [6, 6.07) is 5.95. The zero-order chi connectivity index (χ0) is 9.40. The first-order valence-corrected chi connectivity index (χ1v) is 4.40. The molecule has 0 aliphatic heterocycles. The van der Waals surface area contributed by atoms with Crippen LogP contribution in [0.15, 0.2) is 18.2 Å². The van der Waals surface area contributed by atoms with Crippen LogP contribution in [0.25, 0.3) is 0 Å². The number of rotatable bonds is 2. The third-order valence-electron chi connectivity index (χ3n) is 1.38. The molecule has 1 aromatic rings. The first kappa shape index (κ1) is 30.2. The van der Waals surface area contributed by atoms with E-state index in [1.165, 1.54) is 0 Å². The molecule has 0 fully saturated rings. The molecule has 0 bridgehead atoms. The summed E-state index contributed by atoms with van der Waals surface area (Å²) in [5, 5.41) is 0. The summed E-state index contributed by atoms with van der Waals surface area (Å²) in [7, 11) is 0. The number of hydrogen-bond donors (Lipinski definition) is 0. The van der Waals surface area contributed by atoms with Crippen molar-refractivity contribution in [2.24, 2.45) is 0 Å². The minimum atomic E-state index is 0. The van der Waals surface area contributed by atoms with Crippen molar-refractivity contribution in [2.45, 2.75) is 26.7 Å². The molecule has 1 heterocycles. The Labute approximate surface area is 141 Å². The van der Waals surface area contributed by atoms with E-state index in [9.17, 15) is 0 Å². The van der Waals surface area contributed by atoms with Crippen molar-refractivity contribution in [3.05, 3.63) is 58.3 Å². The zero-order valence-corrected chi connectivity index (χ0v) is 15.5. The third kappa shape index (κ3) is 12.9. The molecule has 0 atom stereocenters. The number of nitrogens with zero attached hydrogens (tertiary/aromatic N) is 1. The van der Waals surface area contributed by atoms with E-state index < -0.39 is 0 Å². The molecule has 0 unspecified atom stereocenters. The minimum Gasteiger partial charge on any atom is -0.358 e. The Morgan fingerprint density at radius 1 is 1.00 bits per heavy atom. The van der Waals surface area contributed by atoms with Gasteiger partial charge in [0, 0.05) is 44.1 Å². The van der Waals surface area contributed by atoms with E-state index in [1.807, 2.05) is 32.0 Å². The van der Waals surface area contributed by atoms with Gasteiger partial charge in [0.1, 0.15) is 0 Å². The van der Waals surface area contributed by atoms with E-state index >= 15 is 0 Å². The first-order valence-electron chi connectivity index (χ1n) is 4.40. The molecule has 91 valence electrons. The van der Waals surface area contributed by atoms with E-state index in [0.717, 1.165) is 24.2 Å². The van der Waals surface area contributed by atoms with Crippen molar-refractivity contribution in [1.29, 1.82) is 0 Å². The smallest absolute Gasteiger partial charge is 0.358 e. The zero-order valence-electron chi connectivity index (χ0n) is 10.9. The Morgan fingerprint density at radius 3 is 1.56 bits per heavy atom. The van der Waals surface area contributed by atoms with Crippen molar-refractivity contribution in [3.63, 3.8) is 0 Å². The predicted octanol–water partition coefficient (Wildman–Crippen LogP) is 3.76. The van der Waals surface area contributed by atoms with Crippen LogP contribution in [0.5, 0.6) is 0 Å². The Kier molecular flexibility index (Phi) is 39.9. The van der Waals surface area contributed by atoms with Gasteiger partial charge in [-0.05, 0) is 12.1 Å². The summed E-state index contributed by atoms with van der Waals surface area (Å²) >= 11 is 0. The molecule has 0 aliphatic rings. The fraction of sp³-hybridized carbons (Fsp3) is 0.308. The second-order valence-electron chi connectivity index (χ2n) is 2.12. The van der Waals surface area contributed by atoms with Crippen LogP contribution in [-0.2, 0) is 65.0 Å². The number of hydrogen-bond acceptors (Lipinski definition) is 1. The molecule has 1 aromatic heterocycles. The molecule has 0 saturated heterocycles. The standard InChI is InChI=1S/C9H11N.C2H6.2CH3.Ru.Y/c1-3-8-6-5-7-9(4-2)10-8;1-2;;;;/h5-7H,1-4H2;1-2H3;2*1H3;;/q-2;;2*-1;+4;. The van der Waals surface area contributed by atoms with E-state index in [1.54, 1.807) is 0 Å². The minimum absolute atomic E-state index is 0. The normalized spacial score (nSPS) is 6.50. The number of pyridine rings is 1. The Morgan fingerprint density at radius 2 is 1.31 bits per heavy atom. The van der Waals surface area contributed by atoms with Crippen LogP contribution in [0, 0.1) is 28.7 Å². The van der Waals surface area contributed by atoms with Crippen molar-refractivity contribution in [2.75, 3.05) is 0 Å². The maximum Gasteiger partial charge on any atom is 4.00 e. The fourth-order valence-corrected chi connectivity index (χ4v) is 0.808. The van der Waals surface area contributed by atoms with Gasteiger partial charge in [0.25, 0.3) is 0 Å². The van der Waals surface area contributed by atoms with Crippen molar-refractivity contribution < 1.29 is 52.2 Å². The van der Waals surface area contributed by atoms with Crippen LogP contribution in [0.2, 0.25) is 0 Å². The second kappa shape index (κ2) is 21.2. The van der Waals surface area contributed by atoms with Gasteiger partial charge in [-0.25, -0.2) is 0 Å². The molecule has 1 radical (unpaired) electrons. The van der Waals surface area contributed by atoms with E-state index in [0.29, 0.717) is 0 Å². The van der Waals surface area contributed by atoms with Gasteiger partial charge in [-0.2, -0.15) is 0 Å². The van der Waals surface area contributed by atoms with Gasteiger partial charge in [-0.1, -0.05) is 19.9 Å². The third-order valence-corrected chi connectivity index (χ3v) is 1.38. The Balaban J connectivity index is -0.0000000637. The molecule has 0 aliphatic carbocycles. The largest absolute Gasteiger partial charge is 4.00 e. The van der Waals surface area contributed by atoms with Gasteiger partial charge in [-0.3, -0.25) is 4.98 Å². The van der Waals surface area contributed by atoms with Gasteiger partial charge in [0.2, 0.25) is 0 Å². The van der Waals surface area contributed by atoms with Gasteiger partial charge in [0.15, 0.2) is 0 Å². The van der Waals surface area contributed by atoms with Crippen LogP contribution in [0.3, 0.4) is 0 Å². The Bertz CT molecular complexity index is 198. The summed E-state index contributed by atoms with van der Waals surface area (Å²) < 4.78 is 0. The van der Waals surface area contributed by atoms with Gasteiger partial charge < -0.3 is 28.7 Å². The maximum absolute atomic E-state index is 4.28. The van der Waals surface area contributed by atoms with Gasteiger partial charge in [0.05, 0.1) is 0 Å².